The van der Waals surface area contributed by atoms with E-state index in [0.717, 1.165) is 3.57 Å². The highest BCUT2D eigenvalue weighted by Crippen LogP contribution is 2.33. The zero-order valence-electron chi connectivity index (χ0n) is 15.5. The summed E-state index contributed by atoms with van der Waals surface area (Å²) in [6.07, 6.45) is 1.19. The van der Waals surface area contributed by atoms with E-state index in [1.165, 1.54) is 12.1 Å². The molecule has 0 spiro atoms. The highest BCUT2D eigenvalue weighted by molar-refractivity contribution is 14.1. The average molecular weight is 694 g/mol. The second-order valence-electron chi connectivity index (χ2n) is 6.45. The summed E-state index contributed by atoms with van der Waals surface area (Å²) in [7, 11) is -8.39. The van der Waals surface area contributed by atoms with Crippen molar-refractivity contribution in [1.82, 2.24) is 0 Å². The van der Waals surface area contributed by atoms with Crippen molar-refractivity contribution in [3.05, 3.63) is 27.8 Å². The van der Waals surface area contributed by atoms with Gasteiger partial charge in [0, 0.05) is 3.57 Å². The molecule has 5 nitrogen and oxygen atoms in total. The third kappa shape index (κ3) is 11.5. The second-order valence-corrected chi connectivity index (χ2v) is 16.8. The van der Waals surface area contributed by atoms with Gasteiger partial charge in [-0.2, -0.15) is 3.71 Å². The van der Waals surface area contributed by atoms with Crippen molar-refractivity contribution in [3.63, 3.8) is 0 Å². The van der Waals surface area contributed by atoms with E-state index < -0.39 is 39.1 Å². The van der Waals surface area contributed by atoms with Gasteiger partial charge in [0.05, 0.1) is 17.2 Å². The van der Waals surface area contributed by atoms with Gasteiger partial charge in [0.1, 0.15) is 0 Å². The monoisotopic (exact) mass is 691 g/mol. The molecule has 0 radical (unpaired) electrons. The topological polar surface area (TPSA) is 71.5 Å². The first kappa shape index (κ1) is 29.4. The molecule has 0 amide bonds. The van der Waals surface area contributed by atoms with Gasteiger partial charge >= 0.3 is 0 Å². The van der Waals surface area contributed by atoms with Crippen molar-refractivity contribution in [1.29, 1.82) is 0 Å². The van der Waals surface area contributed by atoms with E-state index in [9.17, 15) is 16.8 Å². The summed E-state index contributed by atoms with van der Waals surface area (Å²) in [4.78, 5) is 0. The number of unbranched alkanes of at least 4 members (excludes halogenated alkanes) is 2. The Morgan fingerprint density at radius 3 is 1.40 bits per heavy atom. The van der Waals surface area contributed by atoms with Gasteiger partial charge in [-0.15, -0.1) is 0 Å². The minimum absolute atomic E-state index is 0.0400. The third-order valence-corrected chi connectivity index (χ3v) is 10.0. The van der Waals surface area contributed by atoms with Crippen LogP contribution in [-0.4, -0.2) is 35.9 Å². The molecule has 1 aromatic rings. The summed E-state index contributed by atoms with van der Waals surface area (Å²) in [6, 6.07) is 6.14. The van der Waals surface area contributed by atoms with Crippen molar-refractivity contribution in [3.8, 4) is 0 Å². The molecule has 30 heavy (non-hydrogen) atoms. The highest BCUT2D eigenvalue weighted by atomic mass is 127. The third-order valence-electron chi connectivity index (χ3n) is 3.77. The number of alkyl halides is 6. The van der Waals surface area contributed by atoms with E-state index in [-0.39, 0.29) is 31.4 Å². The second kappa shape index (κ2) is 12.2. The number of rotatable bonds is 11. The van der Waals surface area contributed by atoms with Gasteiger partial charge in [0.2, 0.25) is 20.0 Å². The molecule has 0 aromatic heterocycles. The molecule has 0 fully saturated rings. The molecule has 0 N–H and O–H groups in total. The van der Waals surface area contributed by atoms with Crippen molar-refractivity contribution < 1.29 is 16.8 Å². The Balaban J connectivity index is 3.03. The molecule has 0 saturated carbocycles. The molecular weight excluding hydrogens is 674 g/mol. The predicted octanol–water partition coefficient (Wildman–Crippen LogP) is 6.84. The quantitative estimate of drug-likeness (QED) is 0.145. The molecule has 14 heteroatoms. The van der Waals surface area contributed by atoms with Gasteiger partial charge in [0.25, 0.3) is 0 Å². The van der Waals surface area contributed by atoms with Crippen LogP contribution in [0.5, 0.6) is 0 Å². The number of halogens is 7. The molecule has 0 bridgehead atoms. The number of sulfonamides is 2. The predicted molar refractivity (Wildman–Crippen MR) is 137 cm³/mol. The van der Waals surface area contributed by atoms with Crippen molar-refractivity contribution in [2.24, 2.45) is 0 Å². The minimum atomic E-state index is -4.19. The SMILES string of the molecule is O=S(=O)(CCCCC(Cl)(Cl)Cl)N(c1ccc(I)cc1)S(=O)(=O)CCCCC(Cl)(Cl)Cl. The first-order valence-electron chi connectivity index (χ1n) is 8.68. The molecular formula is C16H20Cl6INO4S2. The van der Waals surface area contributed by atoms with Crippen LogP contribution in [0.4, 0.5) is 5.69 Å². The smallest absolute Gasteiger partial charge is 0.205 e. The minimum Gasteiger partial charge on any atom is -0.205 e. The molecule has 0 atom stereocenters. The van der Waals surface area contributed by atoms with Crippen molar-refractivity contribution >= 4 is 118 Å². The van der Waals surface area contributed by atoms with E-state index >= 15 is 0 Å². The number of nitrogens with zero attached hydrogens (tertiary/aromatic N) is 1. The zero-order chi connectivity index (χ0) is 23.2. The van der Waals surface area contributed by atoms with Crippen LogP contribution in [0.15, 0.2) is 24.3 Å². The Labute approximate surface area is 221 Å². The first-order valence-corrected chi connectivity index (χ1v) is 15.2. The zero-order valence-corrected chi connectivity index (χ0v) is 23.8. The maximum absolute atomic E-state index is 13.0. The van der Waals surface area contributed by atoms with E-state index in [2.05, 4.69) is 0 Å². The fourth-order valence-electron chi connectivity index (χ4n) is 2.44. The number of hydrogen-bond donors (Lipinski definition) is 0. The van der Waals surface area contributed by atoms with Crippen LogP contribution in [0, 0.1) is 3.57 Å². The van der Waals surface area contributed by atoms with Crippen LogP contribution in [0.25, 0.3) is 0 Å². The largest absolute Gasteiger partial charge is 0.248 e. The van der Waals surface area contributed by atoms with E-state index in [0.29, 0.717) is 16.6 Å². The summed E-state index contributed by atoms with van der Waals surface area (Å²) in [6.45, 7) is 0. The molecule has 0 saturated heterocycles. The van der Waals surface area contributed by atoms with Crippen LogP contribution < -0.4 is 3.71 Å². The Morgan fingerprint density at radius 1 is 0.700 bits per heavy atom. The van der Waals surface area contributed by atoms with E-state index in [1.807, 2.05) is 22.6 Å². The Bertz CT molecular complexity index is 832. The molecule has 1 rings (SSSR count). The summed E-state index contributed by atoms with van der Waals surface area (Å²) in [5.41, 5.74) is 0.0400. The lowest BCUT2D eigenvalue weighted by Crippen LogP contribution is -2.40. The van der Waals surface area contributed by atoms with Crippen LogP contribution in [0.3, 0.4) is 0 Å². The molecule has 0 aliphatic carbocycles. The normalized spacial score (nSPS) is 13.4. The molecule has 1 aromatic carbocycles. The first-order chi connectivity index (χ1) is 13.5. The van der Waals surface area contributed by atoms with Gasteiger partial charge in [-0.05, 0) is 85.4 Å². The van der Waals surface area contributed by atoms with Gasteiger partial charge < -0.3 is 0 Å². The Hall–Kier alpha value is 1.39. The van der Waals surface area contributed by atoms with Gasteiger partial charge in [-0.1, -0.05) is 69.6 Å². The maximum Gasteiger partial charge on any atom is 0.248 e. The molecule has 174 valence electrons. The van der Waals surface area contributed by atoms with Crippen molar-refractivity contribution in [2.45, 2.75) is 46.1 Å². The molecule has 0 aliphatic rings. The van der Waals surface area contributed by atoms with Crippen LogP contribution in [-0.2, 0) is 20.0 Å². The molecule has 0 heterocycles. The molecule has 0 unspecified atom stereocenters. The lowest BCUT2D eigenvalue weighted by atomic mass is 10.3. The van der Waals surface area contributed by atoms with Crippen LogP contribution in [0.2, 0.25) is 0 Å². The highest BCUT2D eigenvalue weighted by Gasteiger charge is 2.34. The molecule has 0 aliphatic heterocycles. The number of benzene rings is 1. The standard InChI is InChI=1S/C16H20Cl6INO4S2/c17-15(18,19)9-1-3-11-29(25,26)24(14-7-5-13(23)6-8-14)30(27,28)12-4-2-10-16(20,21)22/h5-8H,1-4,9-12H2. The maximum atomic E-state index is 13.0. The summed E-state index contributed by atoms with van der Waals surface area (Å²) in [5, 5.41) is 0. The van der Waals surface area contributed by atoms with Gasteiger partial charge in [-0.25, -0.2) is 16.8 Å². The van der Waals surface area contributed by atoms with E-state index in [1.54, 1.807) is 12.1 Å². The Kier molecular flexibility index (Phi) is 12.0. The summed E-state index contributed by atoms with van der Waals surface area (Å²) < 4.78 is 50.2. The fraction of sp³-hybridized carbons (Fsp3) is 0.625. The number of hydrogen-bond acceptors (Lipinski definition) is 4. The van der Waals surface area contributed by atoms with E-state index in [4.69, 9.17) is 69.6 Å². The average Bonchev–Trinajstić information content (AvgIpc) is 2.56. The van der Waals surface area contributed by atoms with Crippen molar-refractivity contribution in [2.75, 3.05) is 15.2 Å². The van der Waals surface area contributed by atoms with Gasteiger partial charge in [0.15, 0.2) is 7.59 Å². The number of anilines is 1. The summed E-state index contributed by atoms with van der Waals surface area (Å²) in [5.74, 6) is -0.819. The van der Waals surface area contributed by atoms with Crippen LogP contribution in [0.1, 0.15) is 38.5 Å². The fourth-order valence-corrected chi connectivity index (χ4v) is 7.79. The van der Waals surface area contributed by atoms with Crippen LogP contribution >= 0.6 is 92.2 Å². The Morgan fingerprint density at radius 2 is 1.07 bits per heavy atom. The lowest BCUT2D eigenvalue weighted by Gasteiger charge is -2.24. The lowest BCUT2D eigenvalue weighted by molar-refractivity contribution is 0.578. The van der Waals surface area contributed by atoms with Gasteiger partial charge in [-0.3, -0.25) is 0 Å². The summed E-state index contributed by atoms with van der Waals surface area (Å²) >= 11 is 36.1.